The normalized spacial score (nSPS) is 23.3. The minimum atomic E-state index is -0.365. The highest BCUT2D eigenvalue weighted by molar-refractivity contribution is 5.78. The lowest BCUT2D eigenvalue weighted by atomic mass is 10.00. The summed E-state index contributed by atoms with van der Waals surface area (Å²) >= 11 is 0. The molecule has 0 bridgehead atoms. The first-order valence-electron chi connectivity index (χ1n) is 9.33. The molecule has 3 heterocycles. The summed E-state index contributed by atoms with van der Waals surface area (Å²) in [7, 11) is 0. The molecule has 1 amide bonds. The third kappa shape index (κ3) is 4.04. The number of rotatable bonds is 4. The van der Waals surface area contributed by atoms with Gasteiger partial charge in [0.2, 0.25) is 5.91 Å². The molecular formula is C20H24FN3O3. The van der Waals surface area contributed by atoms with E-state index in [1.165, 1.54) is 6.07 Å². The maximum absolute atomic E-state index is 13.9. The molecule has 1 aromatic carbocycles. The van der Waals surface area contributed by atoms with Crippen LogP contribution < -0.4 is 0 Å². The third-order valence-corrected chi connectivity index (χ3v) is 5.35. The highest BCUT2D eigenvalue weighted by atomic mass is 19.1. The van der Waals surface area contributed by atoms with Gasteiger partial charge in [-0.3, -0.25) is 9.69 Å². The smallest absolute Gasteiger partial charge is 0.230 e. The van der Waals surface area contributed by atoms with Crippen LogP contribution in [0.3, 0.4) is 0 Å². The zero-order valence-electron chi connectivity index (χ0n) is 15.5. The number of carbonyl (C=O) groups is 1. The lowest BCUT2D eigenvalue weighted by Crippen LogP contribution is -2.55. The SMILES string of the molecule is Cc1cc(CC(=O)N2CCOC3(CCN(Cc4ccccc4F)C3)C2)on1. The Morgan fingerprint density at radius 1 is 1.30 bits per heavy atom. The first-order chi connectivity index (χ1) is 13.0. The summed E-state index contributed by atoms with van der Waals surface area (Å²) < 4.78 is 25.2. The van der Waals surface area contributed by atoms with E-state index in [2.05, 4.69) is 10.1 Å². The topological polar surface area (TPSA) is 58.8 Å². The highest BCUT2D eigenvalue weighted by Crippen LogP contribution is 2.30. The monoisotopic (exact) mass is 373 g/mol. The number of aryl methyl sites for hydroxylation is 1. The molecule has 1 aromatic heterocycles. The van der Waals surface area contributed by atoms with Crippen molar-refractivity contribution in [3.63, 3.8) is 0 Å². The van der Waals surface area contributed by atoms with Crippen LogP contribution in [0, 0.1) is 12.7 Å². The molecule has 1 spiro atoms. The average Bonchev–Trinajstić information content (AvgIpc) is 3.23. The number of hydrogen-bond donors (Lipinski definition) is 0. The van der Waals surface area contributed by atoms with Crippen molar-refractivity contribution in [1.82, 2.24) is 15.0 Å². The van der Waals surface area contributed by atoms with Crippen molar-refractivity contribution >= 4 is 5.91 Å². The summed E-state index contributed by atoms with van der Waals surface area (Å²) in [4.78, 5) is 16.7. The lowest BCUT2D eigenvalue weighted by Gasteiger charge is -2.40. The predicted molar refractivity (Wildman–Crippen MR) is 96.5 cm³/mol. The van der Waals surface area contributed by atoms with E-state index in [0.29, 0.717) is 44.1 Å². The summed E-state index contributed by atoms with van der Waals surface area (Å²) in [6.45, 7) is 5.60. The molecule has 1 atom stereocenters. The van der Waals surface area contributed by atoms with Crippen LogP contribution in [0.5, 0.6) is 0 Å². The second-order valence-electron chi connectivity index (χ2n) is 7.51. The predicted octanol–water partition coefficient (Wildman–Crippen LogP) is 2.17. The number of likely N-dealkylation sites (tertiary alicyclic amines) is 1. The number of benzene rings is 1. The van der Waals surface area contributed by atoms with E-state index < -0.39 is 0 Å². The Morgan fingerprint density at radius 3 is 2.93 bits per heavy atom. The molecule has 2 saturated heterocycles. The van der Waals surface area contributed by atoms with Gasteiger partial charge in [-0.15, -0.1) is 0 Å². The molecule has 0 saturated carbocycles. The lowest BCUT2D eigenvalue weighted by molar-refractivity contribution is -0.148. The van der Waals surface area contributed by atoms with E-state index >= 15 is 0 Å². The van der Waals surface area contributed by atoms with Crippen LogP contribution in [-0.4, -0.2) is 59.3 Å². The van der Waals surface area contributed by atoms with Crippen molar-refractivity contribution in [3.05, 3.63) is 53.2 Å². The zero-order chi connectivity index (χ0) is 18.9. The number of morpholine rings is 1. The Balaban J connectivity index is 1.37. The van der Waals surface area contributed by atoms with E-state index in [4.69, 9.17) is 9.26 Å². The second kappa shape index (κ2) is 7.40. The third-order valence-electron chi connectivity index (χ3n) is 5.35. The fourth-order valence-electron chi connectivity index (χ4n) is 4.00. The minimum Gasteiger partial charge on any atom is -0.370 e. The average molecular weight is 373 g/mol. The van der Waals surface area contributed by atoms with Gasteiger partial charge in [0.25, 0.3) is 0 Å². The molecule has 2 aromatic rings. The Bertz CT molecular complexity index is 824. The molecule has 0 aliphatic carbocycles. The number of carbonyl (C=O) groups excluding carboxylic acids is 1. The van der Waals surface area contributed by atoms with Gasteiger partial charge in [-0.05, 0) is 19.4 Å². The molecule has 1 unspecified atom stereocenters. The van der Waals surface area contributed by atoms with Crippen LogP contribution in [0.1, 0.15) is 23.4 Å². The van der Waals surface area contributed by atoms with Gasteiger partial charge in [0, 0.05) is 37.8 Å². The summed E-state index contributed by atoms with van der Waals surface area (Å²) in [5.74, 6) is 0.439. The quantitative estimate of drug-likeness (QED) is 0.822. The molecule has 6 nitrogen and oxygen atoms in total. The molecule has 4 rings (SSSR count). The van der Waals surface area contributed by atoms with Crippen molar-refractivity contribution in [3.8, 4) is 0 Å². The van der Waals surface area contributed by atoms with Crippen LogP contribution in [0.2, 0.25) is 0 Å². The first-order valence-corrected chi connectivity index (χ1v) is 9.33. The Labute approximate surface area is 157 Å². The van der Waals surface area contributed by atoms with E-state index in [9.17, 15) is 9.18 Å². The van der Waals surface area contributed by atoms with E-state index in [1.807, 2.05) is 24.0 Å². The van der Waals surface area contributed by atoms with Gasteiger partial charge in [-0.2, -0.15) is 0 Å². The van der Waals surface area contributed by atoms with Crippen molar-refractivity contribution in [2.75, 3.05) is 32.8 Å². The Kier molecular flexibility index (Phi) is 4.97. The van der Waals surface area contributed by atoms with Crippen LogP contribution in [0.15, 0.2) is 34.9 Å². The summed E-state index contributed by atoms with van der Waals surface area (Å²) in [5.41, 5.74) is 1.10. The highest BCUT2D eigenvalue weighted by Gasteiger charge is 2.43. The zero-order valence-corrected chi connectivity index (χ0v) is 15.5. The van der Waals surface area contributed by atoms with Crippen LogP contribution in [-0.2, 0) is 22.5 Å². The van der Waals surface area contributed by atoms with Crippen LogP contribution in [0.4, 0.5) is 4.39 Å². The largest absolute Gasteiger partial charge is 0.370 e. The van der Waals surface area contributed by atoms with Crippen LogP contribution in [0.25, 0.3) is 0 Å². The van der Waals surface area contributed by atoms with Gasteiger partial charge in [0.15, 0.2) is 0 Å². The van der Waals surface area contributed by atoms with E-state index in [-0.39, 0.29) is 23.7 Å². The fourth-order valence-corrected chi connectivity index (χ4v) is 4.00. The number of ether oxygens (including phenoxy) is 1. The maximum atomic E-state index is 13.9. The second-order valence-corrected chi connectivity index (χ2v) is 7.51. The van der Waals surface area contributed by atoms with Crippen molar-refractivity contribution < 1.29 is 18.4 Å². The van der Waals surface area contributed by atoms with Gasteiger partial charge in [-0.1, -0.05) is 23.4 Å². The first kappa shape index (κ1) is 18.1. The van der Waals surface area contributed by atoms with E-state index in [0.717, 1.165) is 18.7 Å². The molecule has 7 heteroatoms. The number of hydrogen-bond acceptors (Lipinski definition) is 5. The molecular weight excluding hydrogens is 349 g/mol. The van der Waals surface area contributed by atoms with Crippen LogP contribution >= 0.6 is 0 Å². The fraction of sp³-hybridized carbons (Fsp3) is 0.500. The van der Waals surface area contributed by atoms with E-state index in [1.54, 1.807) is 12.1 Å². The summed E-state index contributed by atoms with van der Waals surface area (Å²) in [6, 6.07) is 8.65. The molecule has 0 radical (unpaired) electrons. The number of halogens is 1. The molecule has 2 aliphatic heterocycles. The van der Waals surface area contributed by atoms with Gasteiger partial charge in [0.05, 0.1) is 30.9 Å². The molecule has 27 heavy (non-hydrogen) atoms. The standard InChI is InChI=1S/C20H24FN3O3/c1-15-10-17(27-22-15)11-19(25)24-8-9-26-20(14-24)6-7-23(13-20)12-16-4-2-3-5-18(16)21/h2-5,10H,6-9,11-14H2,1H3. The maximum Gasteiger partial charge on any atom is 0.230 e. The Hall–Kier alpha value is -2.25. The number of aromatic nitrogens is 1. The molecule has 2 aliphatic rings. The van der Waals surface area contributed by atoms with Gasteiger partial charge < -0.3 is 14.2 Å². The van der Waals surface area contributed by atoms with Crippen molar-refractivity contribution in [2.24, 2.45) is 0 Å². The van der Waals surface area contributed by atoms with Crippen molar-refractivity contribution in [2.45, 2.75) is 31.9 Å². The summed E-state index contributed by atoms with van der Waals surface area (Å²) in [5, 5.41) is 3.83. The summed E-state index contributed by atoms with van der Waals surface area (Å²) in [6.07, 6.45) is 1.06. The van der Waals surface area contributed by atoms with Gasteiger partial charge in [-0.25, -0.2) is 4.39 Å². The number of nitrogens with zero attached hydrogens (tertiary/aromatic N) is 3. The van der Waals surface area contributed by atoms with Crippen molar-refractivity contribution in [1.29, 1.82) is 0 Å². The molecule has 144 valence electrons. The van der Waals surface area contributed by atoms with Gasteiger partial charge in [0.1, 0.15) is 11.6 Å². The minimum absolute atomic E-state index is 0.0291. The molecule has 2 fully saturated rings. The van der Waals surface area contributed by atoms with Gasteiger partial charge >= 0.3 is 0 Å². The number of amides is 1. The Morgan fingerprint density at radius 2 is 2.15 bits per heavy atom. The molecule has 0 N–H and O–H groups in total.